The lowest BCUT2D eigenvalue weighted by Crippen LogP contribution is -2.44. The van der Waals surface area contributed by atoms with Crippen LogP contribution in [0.1, 0.15) is 19.3 Å². The van der Waals surface area contributed by atoms with Gasteiger partial charge in [0.25, 0.3) is 0 Å². The summed E-state index contributed by atoms with van der Waals surface area (Å²) in [5, 5.41) is 8.97. The van der Waals surface area contributed by atoms with Gasteiger partial charge in [-0.1, -0.05) is 0 Å². The Balaban J connectivity index is 1.89. The molecule has 80 valence electrons. The normalized spacial score (nSPS) is 34.6. The van der Waals surface area contributed by atoms with Crippen LogP contribution in [0.2, 0.25) is 0 Å². The maximum Gasteiger partial charge on any atom is 0.307 e. The largest absolute Gasteiger partial charge is 0.481 e. The minimum atomic E-state index is -0.611. The molecule has 0 aromatic carbocycles. The topological polar surface area (TPSA) is 40.5 Å². The lowest BCUT2D eigenvalue weighted by molar-refractivity contribution is -0.143. The third-order valence-electron chi connectivity index (χ3n) is 3.22. The van der Waals surface area contributed by atoms with Gasteiger partial charge in [0, 0.05) is 18.3 Å². The molecule has 0 amide bonds. The van der Waals surface area contributed by atoms with Crippen molar-refractivity contribution < 1.29 is 9.90 Å². The van der Waals surface area contributed by atoms with E-state index < -0.39 is 5.97 Å². The summed E-state index contributed by atoms with van der Waals surface area (Å²) < 4.78 is 0. The van der Waals surface area contributed by atoms with Crippen LogP contribution in [0.4, 0.5) is 0 Å². The number of rotatable bonds is 2. The number of carbonyl (C=O) groups is 1. The van der Waals surface area contributed by atoms with Crippen LogP contribution >= 0.6 is 11.8 Å². The fraction of sp³-hybridized carbons (Fsp3) is 0.900. The molecule has 3 nitrogen and oxygen atoms in total. The van der Waals surface area contributed by atoms with E-state index in [0.717, 1.165) is 25.9 Å². The summed E-state index contributed by atoms with van der Waals surface area (Å²) in [5.74, 6) is 1.72. The van der Waals surface area contributed by atoms with Crippen molar-refractivity contribution >= 4 is 17.7 Å². The lowest BCUT2D eigenvalue weighted by atomic mass is 9.97. The van der Waals surface area contributed by atoms with Crippen molar-refractivity contribution in [3.05, 3.63) is 0 Å². The highest BCUT2D eigenvalue weighted by molar-refractivity contribution is 7.99. The molecule has 0 radical (unpaired) electrons. The summed E-state index contributed by atoms with van der Waals surface area (Å²) in [5.41, 5.74) is 0. The first-order chi connectivity index (χ1) is 6.77. The molecule has 2 heterocycles. The van der Waals surface area contributed by atoms with E-state index in [0.29, 0.717) is 6.04 Å². The average molecular weight is 215 g/mol. The van der Waals surface area contributed by atoms with Crippen LogP contribution in [-0.2, 0) is 4.79 Å². The van der Waals surface area contributed by atoms with Crippen molar-refractivity contribution in [2.75, 3.05) is 24.6 Å². The van der Waals surface area contributed by atoms with E-state index in [1.807, 2.05) is 11.8 Å². The van der Waals surface area contributed by atoms with Crippen molar-refractivity contribution in [1.29, 1.82) is 0 Å². The number of hydrogen-bond acceptors (Lipinski definition) is 3. The van der Waals surface area contributed by atoms with E-state index in [-0.39, 0.29) is 5.92 Å². The zero-order chi connectivity index (χ0) is 9.97. The Kier molecular flexibility index (Phi) is 3.34. The second kappa shape index (κ2) is 4.53. The van der Waals surface area contributed by atoms with Gasteiger partial charge in [-0.15, -0.1) is 0 Å². The molecule has 2 rings (SSSR count). The van der Waals surface area contributed by atoms with Gasteiger partial charge < -0.3 is 5.11 Å². The Morgan fingerprint density at radius 1 is 1.43 bits per heavy atom. The van der Waals surface area contributed by atoms with Crippen LogP contribution in [0.25, 0.3) is 0 Å². The van der Waals surface area contributed by atoms with Crippen LogP contribution in [0, 0.1) is 5.92 Å². The van der Waals surface area contributed by atoms with Gasteiger partial charge in [0.1, 0.15) is 0 Å². The molecule has 4 heteroatoms. The predicted molar refractivity (Wildman–Crippen MR) is 57.7 cm³/mol. The van der Waals surface area contributed by atoms with Gasteiger partial charge in [0.15, 0.2) is 0 Å². The monoisotopic (exact) mass is 215 g/mol. The maximum atomic E-state index is 10.9. The molecule has 0 aromatic rings. The molecule has 2 atom stereocenters. The van der Waals surface area contributed by atoms with Gasteiger partial charge in [0.2, 0.25) is 0 Å². The Labute approximate surface area is 88.9 Å². The molecule has 0 spiro atoms. The number of thioether (sulfide) groups is 1. The minimum Gasteiger partial charge on any atom is -0.481 e. The first-order valence-corrected chi connectivity index (χ1v) is 6.47. The molecule has 0 bridgehead atoms. The summed E-state index contributed by atoms with van der Waals surface area (Å²) in [6.07, 6.45) is 3.17. The summed E-state index contributed by atoms with van der Waals surface area (Å²) in [4.78, 5) is 13.3. The van der Waals surface area contributed by atoms with Gasteiger partial charge in [-0.3, -0.25) is 9.69 Å². The van der Waals surface area contributed by atoms with Gasteiger partial charge in [-0.2, -0.15) is 11.8 Å². The first kappa shape index (κ1) is 10.3. The Bertz CT molecular complexity index is 216. The molecule has 2 fully saturated rings. The number of carboxylic acids is 1. The number of piperidine rings is 1. The van der Waals surface area contributed by atoms with E-state index in [2.05, 4.69) is 4.90 Å². The zero-order valence-electron chi connectivity index (χ0n) is 8.32. The summed E-state index contributed by atoms with van der Waals surface area (Å²) in [7, 11) is 0. The Morgan fingerprint density at radius 3 is 2.93 bits per heavy atom. The highest BCUT2D eigenvalue weighted by atomic mass is 32.2. The molecule has 0 aliphatic carbocycles. The van der Waals surface area contributed by atoms with E-state index >= 15 is 0 Å². The van der Waals surface area contributed by atoms with E-state index in [9.17, 15) is 4.79 Å². The molecule has 2 saturated heterocycles. The predicted octanol–water partition coefficient (Wildman–Crippen LogP) is 1.29. The molecular formula is C10H17NO2S. The van der Waals surface area contributed by atoms with Crippen LogP contribution in [-0.4, -0.2) is 46.6 Å². The van der Waals surface area contributed by atoms with E-state index in [1.54, 1.807) is 0 Å². The van der Waals surface area contributed by atoms with Crippen LogP contribution in [0.3, 0.4) is 0 Å². The van der Waals surface area contributed by atoms with Gasteiger partial charge in [-0.25, -0.2) is 0 Å². The van der Waals surface area contributed by atoms with Crippen molar-refractivity contribution in [2.24, 2.45) is 5.92 Å². The zero-order valence-corrected chi connectivity index (χ0v) is 9.13. The third-order valence-corrected chi connectivity index (χ3v) is 4.37. The van der Waals surface area contributed by atoms with Crippen LogP contribution < -0.4 is 0 Å². The van der Waals surface area contributed by atoms with Crippen molar-refractivity contribution in [3.63, 3.8) is 0 Å². The molecule has 14 heavy (non-hydrogen) atoms. The smallest absolute Gasteiger partial charge is 0.307 e. The molecule has 0 unspecified atom stereocenters. The highest BCUT2D eigenvalue weighted by Gasteiger charge is 2.30. The fourth-order valence-electron chi connectivity index (χ4n) is 2.35. The summed E-state index contributed by atoms with van der Waals surface area (Å²) >= 11 is 2.00. The fourth-order valence-corrected chi connectivity index (χ4v) is 3.60. The third kappa shape index (κ3) is 2.23. The van der Waals surface area contributed by atoms with Gasteiger partial charge in [0.05, 0.1) is 5.92 Å². The highest BCUT2D eigenvalue weighted by Crippen LogP contribution is 2.26. The van der Waals surface area contributed by atoms with E-state index in [1.165, 1.54) is 17.9 Å². The molecule has 2 aliphatic rings. The van der Waals surface area contributed by atoms with Crippen molar-refractivity contribution in [1.82, 2.24) is 4.90 Å². The molecular weight excluding hydrogens is 198 g/mol. The van der Waals surface area contributed by atoms with Crippen molar-refractivity contribution in [3.8, 4) is 0 Å². The lowest BCUT2D eigenvalue weighted by Gasteiger charge is -2.34. The van der Waals surface area contributed by atoms with Gasteiger partial charge in [-0.05, 0) is 31.6 Å². The number of hydrogen-bond donors (Lipinski definition) is 1. The van der Waals surface area contributed by atoms with Gasteiger partial charge >= 0.3 is 5.97 Å². The number of carboxylic acid groups (broad SMARTS) is 1. The molecule has 0 aromatic heterocycles. The number of nitrogens with zero attached hydrogens (tertiary/aromatic N) is 1. The Hall–Kier alpha value is -0.220. The first-order valence-electron chi connectivity index (χ1n) is 5.32. The summed E-state index contributed by atoms with van der Waals surface area (Å²) in [6, 6.07) is 0.655. The second-order valence-electron chi connectivity index (χ2n) is 4.19. The number of likely N-dealkylation sites (tertiary alicyclic amines) is 1. The second-order valence-corrected chi connectivity index (χ2v) is 5.34. The number of aliphatic carboxylic acids is 1. The standard InChI is InChI=1S/C10H17NO2S/c12-10(13)8-2-1-4-11(6-8)9-3-5-14-7-9/h8-9H,1-7H2,(H,12,13)/t8-,9-/m1/s1. The summed E-state index contributed by atoms with van der Waals surface area (Å²) in [6.45, 7) is 1.88. The molecule has 1 N–H and O–H groups in total. The van der Waals surface area contributed by atoms with Crippen LogP contribution in [0.5, 0.6) is 0 Å². The minimum absolute atomic E-state index is 0.116. The van der Waals surface area contributed by atoms with Crippen LogP contribution in [0.15, 0.2) is 0 Å². The average Bonchev–Trinajstić information content (AvgIpc) is 2.71. The maximum absolute atomic E-state index is 10.9. The SMILES string of the molecule is O=C(O)[C@@H]1CCCN([C@@H]2CCSC2)C1. The molecule has 2 aliphatic heterocycles. The van der Waals surface area contributed by atoms with Crippen molar-refractivity contribution in [2.45, 2.75) is 25.3 Å². The molecule has 0 saturated carbocycles. The Morgan fingerprint density at radius 2 is 2.29 bits per heavy atom. The quantitative estimate of drug-likeness (QED) is 0.753. The van der Waals surface area contributed by atoms with E-state index in [4.69, 9.17) is 5.11 Å².